The number of thiophene rings is 1. The van der Waals surface area contributed by atoms with Gasteiger partial charge < -0.3 is 10.1 Å². The van der Waals surface area contributed by atoms with Crippen LogP contribution in [0.2, 0.25) is 0 Å². The SMILES string of the molecule is CCOC(=O)c1c(NC(=O)C2CCCCS2)sc(C)c1C. The van der Waals surface area contributed by atoms with E-state index in [2.05, 4.69) is 5.32 Å². The van der Waals surface area contributed by atoms with Crippen molar-refractivity contribution in [3.63, 3.8) is 0 Å². The van der Waals surface area contributed by atoms with Crippen molar-refractivity contribution < 1.29 is 14.3 Å². The minimum absolute atomic E-state index is 0.00323. The molecule has 0 saturated carbocycles. The summed E-state index contributed by atoms with van der Waals surface area (Å²) in [5.41, 5.74) is 1.40. The van der Waals surface area contributed by atoms with Crippen molar-refractivity contribution in [1.82, 2.24) is 0 Å². The highest BCUT2D eigenvalue weighted by Gasteiger charge is 2.26. The Morgan fingerprint density at radius 1 is 1.33 bits per heavy atom. The number of esters is 1. The molecule has 0 spiro atoms. The van der Waals surface area contributed by atoms with Crippen LogP contribution >= 0.6 is 23.1 Å². The van der Waals surface area contributed by atoms with Gasteiger partial charge in [0.15, 0.2) is 0 Å². The van der Waals surface area contributed by atoms with Crippen molar-refractivity contribution in [2.75, 3.05) is 17.7 Å². The quantitative estimate of drug-likeness (QED) is 0.855. The molecule has 4 nitrogen and oxygen atoms in total. The number of carbonyl (C=O) groups excluding carboxylic acids is 2. The second-order valence-corrected chi connectivity index (χ2v) is 7.59. The molecule has 2 rings (SSSR count). The zero-order valence-electron chi connectivity index (χ0n) is 12.7. The first-order valence-electron chi connectivity index (χ1n) is 7.24. The van der Waals surface area contributed by atoms with Crippen LogP contribution in [0.3, 0.4) is 0 Å². The molecule has 1 saturated heterocycles. The molecular weight excluding hydrogens is 306 g/mol. The van der Waals surface area contributed by atoms with Gasteiger partial charge in [-0.2, -0.15) is 0 Å². The second kappa shape index (κ2) is 7.31. The first-order chi connectivity index (χ1) is 10.0. The van der Waals surface area contributed by atoms with E-state index in [1.54, 1.807) is 18.7 Å². The Labute approximate surface area is 133 Å². The number of anilines is 1. The normalized spacial score (nSPS) is 18.3. The lowest BCUT2D eigenvalue weighted by atomic mass is 10.1. The molecule has 1 aliphatic heterocycles. The predicted octanol–water partition coefficient (Wildman–Crippen LogP) is 3.77. The lowest BCUT2D eigenvalue weighted by Gasteiger charge is -2.20. The van der Waals surface area contributed by atoms with E-state index in [9.17, 15) is 9.59 Å². The maximum absolute atomic E-state index is 12.3. The summed E-state index contributed by atoms with van der Waals surface area (Å²) in [5, 5.41) is 3.56. The molecule has 1 amide bonds. The van der Waals surface area contributed by atoms with Gasteiger partial charge in [0.05, 0.1) is 17.4 Å². The van der Waals surface area contributed by atoms with Crippen LogP contribution in [-0.4, -0.2) is 29.5 Å². The minimum atomic E-state index is -0.356. The molecule has 1 N–H and O–H groups in total. The fourth-order valence-electron chi connectivity index (χ4n) is 2.30. The van der Waals surface area contributed by atoms with Crippen LogP contribution in [0.5, 0.6) is 0 Å². The lowest BCUT2D eigenvalue weighted by Crippen LogP contribution is -2.27. The third kappa shape index (κ3) is 3.80. The number of rotatable bonds is 4. The highest BCUT2D eigenvalue weighted by atomic mass is 32.2. The Balaban J connectivity index is 2.17. The highest BCUT2D eigenvalue weighted by Crippen LogP contribution is 2.34. The molecule has 0 aliphatic carbocycles. The van der Waals surface area contributed by atoms with Crippen LogP contribution in [0, 0.1) is 13.8 Å². The van der Waals surface area contributed by atoms with E-state index in [0.717, 1.165) is 29.0 Å². The van der Waals surface area contributed by atoms with Crippen molar-refractivity contribution >= 4 is 40.0 Å². The van der Waals surface area contributed by atoms with Gasteiger partial charge in [-0.15, -0.1) is 23.1 Å². The number of ether oxygens (including phenoxy) is 1. The smallest absolute Gasteiger partial charge is 0.341 e. The monoisotopic (exact) mass is 327 g/mol. The third-order valence-corrected chi connectivity index (χ3v) is 6.07. The van der Waals surface area contributed by atoms with Gasteiger partial charge in [-0.3, -0.25) is 4.79 Å². The number of carbonyl (C=O) groups is 2. The first kappa shape index (κ1) is 16.4. The number of nitrogens with one attached hydrogen (secondary N) is 1. The molecule has 21 heavy (non-hydrogen) atoms. The van der Waals surface area contributed by atoms with E-state index in [0.29, 0.717) is 17.2 Å². The van der Waals surface area contributed by atoms with Gasteiger partial charge in [0.25, 0.3) is 0 Å². The molecule has 0 aromatic carbocycles. The standard InChI is InChI=1S/C15H21NO3S2/c1-4-19-15(18)12-9(2)10(3)21-14(12)16-13(17)11-7-5-6-8-20-11/h11H,4-8H2,1-3H3,(H,16,17). The molecule has 1 aromatic rings. The van der Waals surface area contributed by atoms with Crippen LogP contribution in [0.15, 0.2) is 0 Å². The average molecular weight is 327 g/mol. The van der Waals surface area contributed by atoms with Crippen molar-refractivity contribution in [3.8, 4) is 0 Å². The highest BCUT2D eigenvalue weighted by molar-refractivity contribution is 8.00. The Bertz CT molecular complexity index is 533. The van der Waals surface area contributed by atoms with Crippen molar-refractivity contribution in [2.45, 2.75) is 45.3 Å². The Morgan fingerprint density at radius 3 is 2.71 bits per heavy atom. The number of thioether (sulfide) groups is 1. The number of amides is 1. The molecule has 6 heteroatoms. The lowest BCUT2D eigenvalue weighted by molar-refractivity contribution is -0.115. The summed E-state index contributed by atoms with van der Waals surface area (Å²) in [7, 11) is 0. The van der Waals surface area contributed by atoms with Gasteiger partial charge in [0.2, 0.25) is 5.91 Å². The van der Waals surface area contributed by atoms with E-state index in [1.807, 2.05) is 13.8 Å². The largest absolute Gasteiger partial charge is 0.462 e. The van der Waals surface area contributed by atoms with Crippen LogP contribution in [-0.2, 0) is 9.53 Å². The van der Waals surface area contributed by atoms with Crippen molar-refractivity contribution in [2.24, 2.45) is 0 Å². The maximum atomic E-state index is 12.3. The summed E-state index contributed by atoms with van der Waals surface area (Å²) in [6, 6.07) is 0. The second-order valence-electron chi connectivity index (χ2n) is 5.05. The molecule has 2 heterocycles. The maximum Gasteiger partial charge on any atom is 0.341 e. The van der Waals surface area contributed by atoms with Crippen LogP contribution in [0.25, 0.3) is 0 Å². The summed E-state index contributed by atoms with van der Waals surface area (Å²) in [6.07, 6.45) is 3.19. The van der Waals surface area contributed by atoms with E-state index < -0.39 is 0 Å². The number of hydrogen-bond acceptors (Lipinski definition) is 5. The van der Waals surface area contributed by atoms with E-state index in [4.69, 9.17) is 4.74 Å². The third-order valence-electron chi connectivity index (χ3n) is 3.57. The topological polar surface area (TPSA) is 55.4 Å². The summed E-state index contributed by atoms with van der Waals surface area (Å²) in [6.45, 7) is 5.96. The van der Waals surface area contributed by atoms with Crippen molar-refractivity contribution in [1.29, 1.82) is 0 Å². The fraction of sp³-hybridized carbons (Fsp3) is 0.600. The van der Waals surface area contributed by atoms with Gasteiger partial charge in [0, 0.05) is 4.88 Å². The van der Waals surface area contributed by atoms with E-state index in [1.165, 1.54) is 17.8 Å². The minimum Gasteiger partial charge on any atom is -0.462 e. The van der Waals surface area contributed by atoms with Crippen LogP contribution in [0.1, 0.15) is 47.0 Å². The zero-order chi connectivity index (χ0) is 15.4. The summed E-state index contributed by atoms with van der Waals surface area (Å²) < 4.78 is 5.10. The van der Waals surface area contributed by atoms with Crippen molar-refractivity contribution in [3.05, 3.63) is 16.0 Å². The average Bonchev–Trinajstić information content (AvgIpc) is 2.75. The molecular formula is C15H21NO3S2. The Hall–Kier alpha value is -1.01. The van der Waals surface area contributed by atoms with Crippen LogP contribution < -0.4 is 5.32 Å². The van der Waals surface area contributed by atoms with Gasteiger partial charge in [-0.05, 0) is 44.9 Å². The molecule has 0 radical (unpaired) electrons. The summed E-state index contributed by atoms with van der Waals surface area (Å²) in [5.74, 6) is 0.683. The van der Waals surface area contributed by atoms with E-state index in [-0.39, 0.29) is 17.1 Å². The summed E-state index contributed by atoms with van der Waals surface area (Å²) in [4.78, 5) is 25.5. The Morgan fingerprint density at radius 2 is 2.10 bits per heavy atom. The molecule has 0 bridgehead atoms. The zero-order valence-corrected chi connectivity index (χ0v) is 14.3. The first-order valence-corrected chi connectivity index (χ1v) is 9.10. The fourth-order valence-corrected chi connectivity index (χ4v) is 4.55. The van der Waals surface area contributed by atoms with E-state index >= 15 is 0 Å². The van der Waals surface area contributed by atoms with Gasteiger partial charge in [0.1, 0.15) is 5.00 Å². The number of hydrogen-bond donors (Lipinski definition) is 1. The van der Waals surface area contributed by atoms with Crippen LogP contribution in [0.4, 0.5) is 5.00 Å². The molecule has 1 aromatic heterocycles. The predicted molar refractivity (Wildman–Crippen MR) is 88.5 cm³/mol. The van der Waals surface area contributed by atoms with Gasteiger partial charge in [-0.25, -0.2) is 4.79 Å². The molecule has 1 atom stereocenters. The molecule has 1 unspecified atom stereocenters. The van der Waals surface area contributed by atoms with Gasteiger partial charge >= 0.3 is 5.97 Å². The molecule has 116 valence electrons. The molecule has 1 fully saturated rings. The Kier molecular flexibility index (Phi) is 5.70. The number of aryl methyl sites for hydroxylation is 1. The van der Waals surface area contributed by atoms with Gasteiger partial charge in [-0.1, -0.05) is 6.42 Å². The molecule has 1 aliphatic rings. The summed E-state index contributed by atoms with van der Waals surface area (Å²) >= 11 is 3.15.